The van der Waals surface area contributed by atoms with Crippen molar-refractivity contribution in [2.45, 2.75) is 39.5 Å². The van der Waals surface area contributed by atoms with Crippen LogP contribution < -0.4 is 5.32 Å². The summed E-state index contributed by atoms with van der Waals surface area (Å²) in [7, 11) is 0. The third-order valence-corrected chi connectivity index (χ3v) is 3.25. The zero-order valence-corrected chi connectivity index (χ0v) is 12.3. The van der Waals surface area contributed by atoms with E-state index in [9.17, 15) is 4.79 Å². The van der Waals surface area contributed by atoms with Crippen molar-refractivity contribution in [1.82, 2.24) is 5.32 Å². The SMILES string of the molecule is Cc1cccc(C)c1C(=O)NCC(Cl)CC(C)C. The van der Waals surface area contributed by atoms with Gasteiger partial charge in [0.05, 0.1) is 5.38 Å². The molecule has 1 rings (SSSR count). The lowest BCUT2D eigenvalue weighted by atomic mass is 10.0. The van der Waals surface area contributed by atoms with Gasteiger partial charge in [0.2, 0.25) is 0 Å². The Hall–Kier alpha value is -1.02. The van der Waals surface area contributed by atoms with Crippen LogP contribution in [0.3, 0.4) is 0 Å². The van der Waals surface area contributed by atoms with Crippen LogP contribution in [0.25, 0.3) is 0 Å². The molecule has 1 aromatic rings. The molecular weight excluding hydrogens is 246 g/mol. The maximum atomic E-state index is 12.1. The Labute approximate surface area is 115 Å². The fourth-order valence-corrected chi connectivity index (χ4v) is 2.49. The molecule has 0 aliphatic heterocycles. The molecule has 0 aliphatic rings. The molecule has 0 saturated carbocycles. The van der Waals surface area contributed by atoms with Crippen molar-refractivity contribution in [3.8, 4) is 0 Å². The number of aryl methyl sites for hydroxylation is 2. The van der Waals surface area contributed by atoms with E-state index in [2.05, 4.69) is 19.2 Å². The molecule has 18 heavy (non-hydrogen) atoms. The molecule has 0 bridgehead atoms. The van der Waals surface area contributed by atoms with Crippen molar-refractivity contribution in [2.75, 3.05) is 6.54 Å². The van der Waals surface area contributed by atoms with Crippen LogP contribution in [0.5, 0.6) is 0 Å². The Balaban J connectivity index is 2.61. The van der Waals surface area contributed by atoms with Gasteiger partial charge >= 0.3 is 0 Å². The molecule has 0 fully saturated rings. The molecule has 100 valence electrons. The molecule has 0 saturated heterocycles. The standard InChI is InChI=1S/C15H22ClNO/c1-10(2)8-13(16)9-17-15(18)14-11(3)6-5-7-12(14)4/h5-7,10,13H,8-9H2,1-4H3,(H,17,18). The predicted octanol–water partition coefficient (Wildman–Crippen LogP) is 3.69. The highest BCUT2D eigenvalue weighted by Crippen LogP contribution is 2.14. The van der Waals surface area contributed by atoms with E-state index in [-0.39, 0.29) is 11.3 Å². The molecule has 0 aliphatic carbocycles. The second kappa shape index (κ2) is 6.79. The summed E-state index contributed by atoms with van der Waals surface area (Å²) in [5.41, 5.74) is 2.77. The summed E-state index contributed by atoms with van der Waals surface area (Å²) in [6, 6.07) is 5.87. The van der Waals surface area contributed by atoms with Crippen LogP contribution in [0, 0.1) is 19.8 Å². The van der Waals surface area contributed by atoms with Gasteiger partial charge < -0.3 is 5.32 Å². The van der Waals surface area contributed by atoms with Crippen LogP contribution in [-0.2, 0) is 0 Å². The lowest BCUT2D eigenvalue weighted by molar-refractivity contribution is 0.0951. The van der Waals surface area contributed by atoms with E-state index in [0.29, 0.717) is 12.5 Å². The smallest absolute Gasteiger partial charge is 0.251 e. The normalized spacial score (nSPS) is 12.6. The summed E-state index contributed by atoms with van der Waals surface area (Å²) in [4.78, 5) is 12.1. The highest BCUT2D eigenvalue weighted by Gasteiger charge is 2.13. The Bertz CT molecular complexity index is 395. The van der Waals surface area contributed by atoms with Gasteiger partial charge in [-0.05, 0) is 37.3 Å². The van der Waals surface area contributed by atoms with Crippen LogP contribution >= 0.6 is 11.6 Å². The van der Waals surface area contributed by atoms with Gasteiger partial charge in [-0.15, -0.1) is 11.6 Å². The van der Waals surface area contributed by atoms with Gasteiger partial charge in [0.15, 0.2) is 0 Å². The summed E-state index contributed by atoms with van der Waals surface area (Å²) in [5.74, 6) is 0.518. The van der Waals surface area contributed by atoms with Gasteiger partial charge in [-0.2, -0.15) is 0 Å². The first kappa shape index (κ1) is 15.0. The summed E-state index contributed by atoms with van der Waals surface area (Å²) in [6.07, 6.45) is 0.911. The quantitative estimate of drug-likeness (QED) is 0.810. The number of hydrogen-bond donors (Lipinski definition) is 1. The predicted molar refractivity (Wildman–Crippen MR) is 77.3 cm³/mol. The second-order valence-electron chi connectivity index (χ2n) is 5.20. The maximum absolute atomic E-state index is 12.1. The Kier molecular flexibility index (Phi) is 5.67. The topological polar surface area (TPSA) is 29.1 Å². The first-order valence-electron chi connectivity index (χ1n) is 6.40. The lowest BCUT2D eigenvalue weighted by Gasteiger charge is -2.14. The van der Waals surface area contributed by atoms with Gasteiger partial charge in [-0.1, -0.05) is 32.0 Å². The van der Waals surface area contributed by atoms with Crippen molar-refractivity contribution in [1.29, 1.82) is 0 Å². The molecule has 0 spiro atoms. The third kappa shape index (κ3) is 4.34. The second-order valence-corrected chi connectivity index (χ2v) is 5.82. The number of hydrogen-bond acceptors (Lipinski definition) is 1. The number of benzene rings is 1. The fraction of sp³-hybridized carbons (Fsp3) is 0.533. The number of carbonyl (C=O) groups is 1. The van der Waals surface area contributed by atoms with Crippen molar-refractivity contribution in [3.05, 3.63) is 34.9 Å². The van der Waals surface area contributed by atoms with E-state index in [0.717, 1.165) is 23.1 Å². The Morgan fingerprint density at radius 1 is 1.28 bits per heavy atom. The molecule has 0 aromatic heterocycles. The van der Waals surface area contributed by atoms with Crippen molar-refractivity contribution >= 4 is 17.5 Å². The monoisotopic (exact) mass is 267 g/mol. The summed E-state index contributed by atoms with van der Waals surface area (Å²) < 4.78 is 0. The zero-order chi connectivity index (χ0) is 13.7. The summed E-state index contributed by atoms with van der Waals surface area (Å²) in [6.45, 7) is 8.68. The van der Waals surface area contributed by atoms with Crippen molar-refractivity contribution in [3.63, 3.8) is 0 Å². The fourth-order valence-electron chi connectivity index (χ4n) is 2.06. The number of halogens is 1. The largest absolute Gasteiger partial charge is 0.351 e. The van der Waals surface area contributed by atoms with Gasteiger partial charge in [0, 0.05) is 12.1 Å². The van der Waals surface area contributed by atoms with Gasteiger partial charge in [-0.3, -0.25) is 4.79 Å². The average molecular weight is 268 g/mol. The minimum Gasteiger partial charge on any atom is -0.351 e. The van der Waals surface area contributed by atoms with Gasteiger partial charge in [0.25, 0.3) is 5.91 Å². The minimum absolute atomic E-state index is 0.00160. The molecule has 1 amide bonds. The van der Waals surface area contributed by atoms with Crippen molar-refractivity contribution < 1.29 is 4.79 Å². The van der Waals surface area contributed by atoms with E-state index >= 15 is 0 Å². The highest BCUT2D eigenvalue weighted by atomic mass is 35.5. The van der Waals surface area contributed by atoms with Crippen LogP contribution in [0.15, 0.2) is 18.2 Å². The maximum Gasteiger partial charge on any atom is 0.251 e. The number of rotatable bonds is 5. The first-order chi connectivity index (χ1) is 8.41. The molecular formula is C15H22ClNO. The molecule has 1 aromatic carbocycles. The lowest BCUT2D eigenvalue weighted by Crippen LogP contribution is -2.31. The van der Waals surface area contributed by atoms with E-state index in [1.165, 1.54) is 0 Å². The highest BCUT2D eigenvalue weighted by molar-refractivity contribution is 6.21. The number of alkyl halides is 1. The zero-order valence-electron chi connectivity index (χ0n) is 11.6. The van der Waals surface area contributed by atoms with Crippen LogP contribution in [0.4, 0.5) is 0 Å². The first-order valence-corrected chi connectivity index (χ1v) is 6.84. The summed E-state index contributed by atoms with van der Waals surface area (Å²) in [5, 5.41) is 2.91. The molecule has 1 atom stereocenters. The van der Waals surface area contributed by atoms with E-state index in [1.54, 1.807) is 0 Å². The molecule has 0 radical (unpaired) electrons. The molecule has 1 unspecified atom stereocenters. The van der Waals surface area contributed by atoms with Crippen LogP contribution in [-0.4, -0.2) is 17.8 Å². The van der Waals surface area contributed by atoms with Crippen LogP contribution in [0.2, 0.25) is 0 Å². The third-order valence-electron chi connectivity index (χ3n) is 2.92. The van der Waals surface area contributed by atoms with E-state index in [4.69, 9.17) is 11.6 Å². The van der Waals surface area contributed by atoms with Crippen molar-refractivity contribution in [2.24, 2.45) is 5.92 Å². The molecule has 1 N–H and O–H groups in total. The molecule has 3 heteroatoms. The number of nitrogens with one attached hydrogen (secondary N) is 1. The summed E-state index contributed by atoms with van der Waals surface area (Å²) >= 11 is 6.17. The van der Waals surface area contributed by atoms with E-state index < -0.39 is 0 Å². The average Bonchev–Trinajstić information content (AvgIpc) is 2.25. The number of carbonyl (C=O) groups excluding carboxylic acids is 1. The van der Waals surface area contributed by atoms with Gasteiger partial charge in [-0.25, -0.2) is 0 Å². The molecule has 2 nitrogen and oxygen atoms in total. The minimum atomic E-state index is -0.0278. The number of amides is 1. The Morgan fingerprint density at radius 3 is 2.33 bits per heavy atom. The molecule has 0 heterocycles. The van der Waals surface area contributed by atoms with Crippen LogP contribution in [0.1, 0.15) is 41.8 Å². The van der Waals surface area contributed by atoms with Gasteiger partial charge in [0.1, 0.15) is 0 Å². The van der Waals surface area contributed by atoms with E-state index in [1.807, 2.05) is 32.0 Å². The Morgan fingerprint density at radius 2 is 1.83 bits per heavy atom.